The zero-order valence-electron chi connectivity index (χ0n) is 12.7. The van der Waals surface area contributed by atoms with E-state index in [0.717, 1.165) is 17.9 Å². The molecule has 0 unspecified atom stereocenters. The molecule has 5 nitrogen and oxygen atoms in total. The molecular weight excluding hydrogens is 266 g/mol. The van der Waals surface area contributed by atoms with Crippen molar-refractivity contribution in [3.05, 3.63) is 42.2 Å². The SMILES string of the molecule is CCOc1cccc(Oc2ncc(CNC(C)C)cn2)c1. The van der Waals surface area contributed by atoms with Gasteiger partial charge in [-0.15, -0.1) is 0 Å². The summed E-state index contributed by atoms with van der Waals surface area (Å²) >= 11 is 0. The van der Waals surface area contributed by atoms with Crippen molar-refractivity contribution < 1.29 is 9.47 Å². The first kappa shape index (κ1) is 15.3. The molecule has 1 aromatic carbocycles. The Labute approximate surface area is 125 Å². The molecule has 0 amide bonds. The van der Waals surface area contributed by atoms with Crippen LogP contribution in [0.3, 0.4) is 0 Å². The minimum atomic E-state index is 0.331. The average molecular weight is 287 g/mol. The number of hydrogen-bond donors (Lipinski definition) is 1. The summed E-state index contributed by atoms with van der Waals surface area (Å²) in [5, 5.41) is 3.32. The van der Waals surface area contributed by atoms with Gasteiger partial charge in [0.1, 0.15) is 11.5 Å². The van der Waals surface area contributed by atoms with Crippen LogP contribution in [0.1, 0.15) is 26.3 Å². The van der Waals surface area contributed by atoms with E-state index in [1.165, 1.54) is 0 Å². The molecule has 0 saturated carbocycles. The van der Waals surface area contributed by atoms with E-state index >= 15 is 0 Å². The second kappa shape index (κ2) is 7.59. The van der Waals surface area contributed by atoms with Crippen LogP contribution in [0, 0.1) is 0 Å². The molecule has 21 heavy (non-hydrogen) atoms. The number of benzene rings is 1. The topological polar surface area (TPSA) is 56.3 Å². The molecule has 0 radical (unpaired) electrons. The van der Waals surface area contributed by atoms with Crippen molar-refractivity contribution in [1.29, 1.82) is 0 Å². The summed E-state index contributed by atoms with van der Waals surface area (Å²) in [5.74, 6) is 1.43. The minimum Gasteiger partial charge on any atom is -0.494 e. The van der Waals surface area contributed by atoms with Gasteiger partial charge in [-0.05, 0) is 19.1 Å². The maximum absolute atomic E-state index is 5.62. The third-order valence-corrected chi connectivity index (χ3v) is 2.72. The molecule has 0 fully saturated rings. The maximum atomic E-state index is 5.62. The fraction of sp³-hybridized carbons (Fsp3) is 0.375. The highest BCUT2D eigenvalue weighted by molar-refractivity contribution is 5.34. The first-order valence-corrected chi connectivity index (χ1v) is 7.12. The Hall–Kier alpha value is -2.14. The van der Waals surface area contributed by atoms with E-state index in [0.29, 0.717) is 24.4 Å². The summed E-state index contributed by atoms with van der Waals surface area (Å²) in [7, 11) is 0. The predicted molar refractivity (Wildman–Crippen MR) is 81.7 cm³/mol. The van der Waals surface area contributed by atoms with Gasteiger partial charge in [0.15, 0.2) is 0 Å². The molecule has 0 aliphatic rings. The normalized spacial score (nSPS) is 10.7. The number of aromatic nitrogens is 2. The lowest BCUT2D eigenvalue weighted by molar-refractivity contribution is 0.337. The lowest BCUT2D eigenvalue weighted by Gasteiger charge is -2.09. The maximum Gasteiger partial charge on any atom is 0.321 e. The first-order valence-electron chi connectivity index (χ1n) is 7.12. The van der Waals surface area contributed by atoms with E-state index in [4.69, 9.17) is 9.47 Å². The van der Waals surface area contributed by atoms with Crippen LogP contribution < -0.4 is 14.8 Å². The Morgan fingerprint density at radius 1 is 1.14 bits per heavy atom. The summed E-state index contributed by atoms with van der Waals surface area (Å²) < 4.78 is 11.1. The van der Waals surface area contributed by atoms with Crippen LogP contribution in [0.2, 0.25) is 0 Å². The molecule has 1 aromatic heterocycles. The first-order chi connectivity index (χ1) is 10.2. The number of nitrogens with one attached hydrogen (secondary N) is 1. The molecule has 2 aromatic rings. The van der Waals surface area contributed by atoms with Crippen LogP contribution in [-0.2, 0) is 6.54 Å². The van der Waals surface area contributed by atoms with Crippen LogP contribution in [-0.4, -0.2) is 22.6 Å². The fourth-order valence-electron chi connectivity index (χ4n) is 1.71. The van der Waals surface area contributed by atoms with Crippen molar-refractivity contribution in [2.45, 2.75) is 33.4 Å². The van der Waals surface area contributed by atoms with Crippen molar-refractivity contribution in [3.8, 4) is 17.5 Å². The smallest absolute Gasteiger partial charge is 0.321 e. The second-order valence-electron chi connectivity index (χ2n) is 4.92. The van der Waals surface area contributed by atoms with Crippen LogP contribution in [0.5, 0.6) is 17.5 Å². The molecule has 2 rings (SSSR count). The summed E-state index contributed by atoms with van der Waals surface area (Å²) in [6.07, 6.45) is 3.54. The van der Waals surface area contributed by atoms with E-state index in [1.807, 2.05) is 31.2 Å². The second-order valence-corrected chi connectivity index (χ2v) is 4.92. The highest BCUT2D eigenvalue weighted by Crippen LogP contribution is 2.22. The fourth-order valence-corrected chi connectivity index (χ4v) is 1.71. The van der Waals surface area contributed by atoms with Crippen molar-refractivity contribution in [2.24, 2.45) is 0 Å². The largest absolute Gasteiger partial charge is 0.494 e. The Bertz CT molecular complexity index is 556. The molecule has 0 aliphatic heterocycles. The zero-order valence-corrected chi connectivity index (χ0v) is 12.7. The third-order valence-electron chi connectivity index (χ3n) is 2.72. The van der Waals surface area contributed by atoms with Gasteiger partial charge in [-0.2, -0.15) is 0 Å². The molecule has 1 heterocycles. The molecule has 0 bridgehead atoms. The van der Waals surface area contributed by atoms with Crippen LogP contribution in [0.15, 0.2) is 36.7 Å². The van der Waals surface area contributed by atoms with E-state index in [9.17, 15) is 0 Å². The lowest BCUT2D eigenvalue weighted by atomic mass is 10.3. The van der Waals surface area contributed by atoms with Crippen molar-refractivity contribution in [3.63, 3.8) is 0 Å². The molecule has 5 heteroatoms. The highest BCUT2D eigenvalue weighted by Gasteiger charge is 2.03. The van der Waals surface area contributed by atoms with Gasteiger partial charge in [-0.3, -0.25) is 0 Å². The molecule has 0 spiro atoms. The third kappa shape index (κ3) is 5.04. The van der Waals surface area contributed by atoms with Crippen molar-refractivity contribution >= 4 is 0 Å². The van der Waals surface area contributed by atoms with Crippen molar-refractivity contribution in [1.82, 2.24) is 15.3 Å². The molecule has 112 valence electrons. The molecular formula is C16H21N3O2. The number of ether oxygens (including phenoxy) is 2. The van der Waals surface area contributed by atoms with Crippen molar-refractivity contribution in [2.75, 3.05) is 6.61 Å². The van der Waals surface area contributed by atoms with E-state index in [2.05, 4.69) is 29.1 Å². The Morgan fingerprint density at radius 3 is 2.52 bits per heavy atom. The minimum absolute atomic E-state index is 0.331. The molecule has 0 atom stereocenters. The van der Waals surface area contributed by atoms with Gasteiger partial charge in [-0.25, -0.2) is 9.97 Å². The quantitative estimate of drug-likeness (QED) is 0.847. The van der Waals surface area contributed by atoms with E-state index in [1.54, 1.807) is 12.4 Å². The highest BCUT2D eigenvalue weighted by atomic mass is 16.5. The van der Waals surface area contributed by atoms with Gasteiger partial charge in [0, 0.05) is 36.6 Å². The number of hydrogen-bond acceptors (Lipinski definition) is 5. The van der Waals surface area contributed by atoms with Crippen LogP contribution in [0.4, 0.5) is 0 Å². The van der Waals surface area contributed by atoms with Crippen LogP contribution >= 0.6 is 0 Å². The lowest BCUT2D eigenvalue weighted by Crippen LogP contribution is -2.21. The van der Waals surface area contributed by atoms with Gasteiger partial charge in [0.2, 0.25) is 0 Å². The summed E-state index contributed by atoms with van der Waals surface area (Å²) in [6, 6.07) is 8.19. The summed E-state index contributed by atoms with van der Waals surface area (Å²) in [4.78, 5) is 8.43. The molecule has 1 N–H and O–H groups in total. The summed E-state index contributed by atoms with van der Waals surface area (Å²) in [5.41, 5.74) is 1.03. The molecule has 0 saturated heterocycles. The van der Waals surface area contributed by atoms with Gasteiger partial charge < -0.3 is 14.8 Å². The predicted octanol–water partition coefficient (Wildman–Crippen LogP) is 3.17. The zero-order chi connectivity index (χ0) is 15.1. The summed E-state index contributed by atoms with van der Waals surface area (Å²) in [6.45, 7) is 7.52. The van der Waals surface area contributed by atoms with E-state index < -0.39 is 0 Å². The van der Waals surface area contributed by atoms with Gasteiger partial charge in [-0.1, -0.05) is 19.9 Å². The standard InChI is InChI=1S/C16H21N3O2/c1-4-20-14-6-5-7-15(8-14)21-16-18-10-13(11-19-16)9-17-12(2)3/h5-8,10-12,17H,4,9H2,1-3H3. The van der Waals surface area contributed by atoms with Gasteiger partial charge in [0.05, 0.1) is 6.61 Å². The number of nitrogens with zero attached hydrogens (tertiary/aromatic N) is 2. The average Bonchev–Trinajstić information content (AvgIpc) is 2.47. The monoisotopic (exact) mass is 287 g/mol. The van der Waals surface area contributed by atoms with E-state index in [-0.39, 0.29) is 0 Å². The number of rotatable bonds is 7. The molecule has 0 aliphatic carbocycles. The Kier molecular flexibility index (Phi) is 5.51. The Balaban J connectivity index is 1.98. The van der Waals surface area contributed by atoms with Crippen LogP contribution in [0.25, 0.3) is 0 Å². The van der Waals surface area contributed by atoms with Gasteiger partial charge >= 0.3 is 6.01 Å². The van der Waals surface area contributed by atoms with Gasteiger partial charge in [0.25, 0.3) is 0 Å². The Morgan fingerprint density at radius 2 is 1.86 bits per heavy atom.